The Kier molecular flexibility index (Phi) is 7.42. The van der Waals surface area contributed by atoms with Gasteiger partial charge in [0.05, 0.1) is 18.1 Å². The summed E-state index contributed by atoms with van der Waals surface area (Å²) in [6, 6.07) is 17.7. The first-order chi connectivity index (χ1) is 16.0. The highest BCUT2D eigenvalue weighted by atomic mass is 32.2. The second kappa shape index (κ2) is 10.6. The summed E-state index contributed by atoms with van der Waals surface area (Å²) in [5, 5.41) is 0. The fourth-order valence-corrected chi connectivity index (χ4v) is 4.56. The van der Waals surface area contributed by atoms with Gasteiger partial charge in [-0.15, -0.1) is 0 Å². The number of thiocarbonyl (C=S) groups is 1. The molecule has 1 amide bonds. The number of carbonyl (C=O) groups is 1. The molecule has 1 aromatic heterocycles. The van der Waals surface area contributed by atoms with Gasteiger partial charge in [-0.1, -0.05) is 65.9 Å². The molecule has 0 N–H and O–H groups in total. The van der Waals surface area contributed by atoms with E-state index >= 15 is 0 Å². The number of ether oxygens (including phenoxy) is 2. The van der Waals surface area contributed by atoms with E-state index in [1.54, 1.807) is 17.3 Å². The lowest BCUT2D eigenvalue weighted by atomic mass is 10.1. The van der Waals surface area contributed by atoms with Gasteiger partial charge in [0.25, 0.3) is 5.91 Å². The summed E-state index contributed by atoms with van der Waals surface area (Å²) in [5.41, 5.74) is 4.08. The van der Waals surface area contributed by atoms with Crippen molar-refractivity contribution in [2.75, 3.05) is 6.61 Å². The second-order valence-corrected chi connectivity index (χ2v) is 9.22. The van der Waals surface area contributed by atoms with E-state index in [1.165, 1.54) is 17.3 Å². The second-order valence-electron chi connectivity index (χ2n) is 7.54. The van der Waals surface area contributed by atoms with Gasteiger partial charge in [-0.05, 0) is 54.8 Å². The first-order valence-corrected chi connectivity index (χ1v) is 11.9. The minimum Gasteiger partial charge on any atom is -0.490 e. The summed E-state index contributed by atoms with van der Waals surface area (Å²) in [5.74, 6) is 1.20. The molecule has 1 aliphatic heterocycles. The fraction of sp³-hybridized carbons (Fsp3) is 0.192. The van der Waals surface area contributed by atoms with E-state index < -0.39 is 0 Å². The maximum Gasteiger partial charge on any atom is 0.266 e. The van der Waals surface area contributed by atoms with Crippen LogP contribution in [0.5, 0.6) is 11.5 Å². The summed E-state index contributed by atoms with van der Waals surface area (Å²) in [4.78, 5) is 19.3. The Morgan fingerprint density at radius 1 is 1.06 bits per heavy atom. The average molecular weight is 477 g/mol. The number of carbonyl (C=O) groups excluding carboxylic acids is 1. The van der Waals surface area contributed by atoms with Crippen LogP contribution in [0, 0.1) is 6.92 Å². The third-order valence-electron chi connectivity index (χ3n) is 5.02. The summed E-state index contributed by atoms with van der Waals surface area (Å²) in [7, 11) is 0. The van der Waals surface area contributed by atoms with Crippen LogP contribution in [0.4, 0.5) is 0 Å². The molecule has 168 valence electrons. The summed E-state index contributed by atoms with van der Waals surface area (Å²) in [6.45, 7) is 5.36. The Hall–Kier alpha value is -3.16. The number of aryl methyl sites for hydroxylation is 1. The standard InChI is InChI=1S/C26H24N2O3S2/c1-3-30-23-13-20(10-11-22(23)31-17-19-8-6-18(2)7-9-19)14-24-25(29)28(26(32)33-24)16-21-5-4-12-27-15-21/h4-15H,3,16-17H2,1-2H3. The summed E-state index contributed by atoms with van der Waals surface area (Å²) < 4.78 is 12.4. The van der Waals surface area contributed by atoms with Crippen molar-refractivity contribution >= 4 is 40.3 Å². The number of benzene rings is 2. The third kappa shape index (κ3) is 5.80. The van der Waals surface area contributed by atoms with Crippen molar-refractivity contribution in [2.24, 2.45) is 0 Å². The largest absolute Gasteiger partial charge is 0.490 e. The van der Waals surface area contributed by atoms with Crippen LogP contribution in [0.3, 0.4) is 0 Å². The molecule has 0 bridgehead atoms. The molecule has 0 aliphatic carbocycles. The molecule has 1 saturated heterocycles. The molecule has 0 radical (unpaired) electrons. The Bertz CT molecular complexity index is 1180. The molecule has 0 saturated carbocycles. The van der Waals surface area contributed by atoms with Gasteiger partial charge in [0.2, 0.25) is 0 Å². The van der Waals surface area contributed by atoms with Crippen LogP contribution in [-0.2, 0) is 17.9 Å². The number of aromatic nitrogens is 1. The number of hydrogen-bond acceptors (Lipinski definition) is 6. The van der Waals surface area contributed by atoms with Crippen molar-refractivity contribution in [2.45, 2.75) is 27.0 Å². The number of nitrogens with zero attached hydrogens (tertiary/aromatic N) is 2. The maximum atomic E-state index is 13.0. The van der Waals surface area contributed by atoms with Crippen LogP contribution >= 0.6 is 24.0 Å². The summed E-state index contributed by atoms with van der Waals surface area (Å²) >= 11 is 6.75. The van der Waals surface area contributed by atoms with Crippen LogP contribution in [-0.4, -0.2) is 26.7 Å². The van der Waals surface area contributed by atoms with Crippen molar-refractivity contribution < 1.29 is 14.3 Å². The lowest BCUT2D eigenvalue weighted by Gasteiger charge is -2.14. The van der Waals surface area contributed by atoms with Crippen LogP contribution in [0.15, 0.2) is 71.9 Å². The normalized spacial score (nSPS) is 14.7. The van der Waals surface area contributed by atoms with Crippen LogP contribution in [0.1, 0.15) is 29.2 Å². The number of thioether (sulfide) groups is 1. The van der Waals surface area contributed by atoms with E-state index in [-0.39, 0.29) is 5.91 Å². The molecule has 0 atom stereocenters. The third-order valence-corrected chi connectivity index (χ3v) is 6.40. The molecule has 33 heavy (non-hydrogen) atoms. The minimum atomic E-state index is -0.105. The Morgan fingerprint density at radius 3 is 2.61 bits per heavy atom. The predicted molar refractivity (Wildman–Crippen MR) is 136 cm³/mol. The van der Waals surface area contributed by atoms with Crippen molar-refractivity contribution in [3.05, 3.63) is 94.1 Å². The van der Waals surface area contributed by atoms with Gasteiger partial charge in [0.15, 0.2) is 11.5 Å². The van der Waals surface area contributed by atoms with E-state index in [9.17, 15) is 4.79 Å². The fourth-order valence-electron chi connectivity index (χ4n) is 3.31. The van der Waals surface area contributed by atoms with Crippen molar-refractivity contribution in [1.82, 2.24) is 9.88 Å². The number of amides is 1. The Morgan fingerprint density at radius 2 is 1.88 bits per heavy atom. The lowest BCUT2D eigenvalue weighted by Crippen LogP contribution is -2.27. The van der Waals surface area contributed by atoms with Gasteiger partial charge in [0.1, 0.15) is 10.9 Å². The highest BCUT2D eigenvalue weighted by Gasteiger charge is 2.32. The predicted octanol–water partition coefficient (Wildman–Crippen LogP) is 5.77. The van der Waals surface area contributed by atoms with Gasteiger partial charge in [0, 0.05) is 12.4 Å². The molecule has 3 aromatic rings. The highest BCUT2D eigenvalue weighted by Crippen LogP contribution is 2.35. The van der Waals surface area contributed by atoms with Gasteiger partial charge in [-0.25, -0.2) is 0 Å². The van der Waals surface area contributed by atoms with Crippen molar-refractivity contribution in [3.8, 4) is 11.5 Å². The number of rotatable bonds is 8. The van der Waals surface area contributed by atoms with Crippen LogP contribution < -0.4 is 9.47 Å². The van der Waals surface area contributed by atoms with Gasteiger partial charge in [-0.2, -0.15) is 0 Å². The molecule has 2 heterocycles. The molecule has 1 aliphatic rings. The van der Waals surface area contributed by atoms with E-state index in [4.69, 9.17) is 21.7 Å². The van der Waals surface area contributed by atoms with Gasteiger partial charge < -0.3 is 9.47 Å². The number of pyridine rings is 1. The Balaban J connectivity index is 1.50. The monoisotopic (exact) mass is 476 g/mol. The number of hydrogen-bond donors (Lipinski definition) is 0. The minimum absolute atomic E-state index is 0.105. The lowest BCUT2D eigenvalue weighted by molar-refractivity contribution is -0.122. The maximum absolute atomic E-state index is 13.0. The van der Waals surface area contributed by atoms with Crippen LogP contribution in [0.2, 0.25) is 0 Å². The van der Waals surface area contributed by atoms with E-state index in [0.29, 0.717) is 40.5 Å². The molecule has 4 rings (SSSR count). The molecule has 0 spiro atoms. The van der Waals surface area contributed by atoms with Gasteiger partial charge in [-0.3, -0.25) is 14.7 Å². The van der Waals surface area contributed by atoms with Crippen molar-refractivity contribution in [3.63, 3.8) is 0 Å². The molecular formula is C26H24N2O3S2. The average Bonchev–Trinajstić information content (AvgIpc) is 3.08. The SMILES string of the molecule is CCOc1cc(C=C2SC(=S)N(Cc3cccnc3)C2=O)ccc1OCc1ccc(C)cc1. The van der Waals surface area contributed by atoms with Crippen molar-refractivity contribution in [1.29, 1.82) is 0 Å². The molecule has 2 aromatic carbocycles. The topological polar surface area (TPSA) is 51.7 Å². The Labute approximate surface area is 203 Å². The van der Waals surface area contributed by atoms with E-state index in [2.05, 4.69) is 36.2 Å². The molecule has 1 fully saturated rings. The van der Waals surface area contributed by atoms with Gasteiger partial charge >= 0.3 is 0 Å². The first kappa shape index (κ1) is 23.0. The summed E-state index contributed by atoms with van der Waals surface area (Å²) in [6.07, 6.45) is 5.29. The van der Waals surface area contributed by atoms with E-state index in [1.807, 2.05) is 43.3 Å². The first-order valence-electron chi connectivity index (χ1n) is 10.6. The zero-order valence-electron chi connectivity index (χ0n) is 18.5. The van der Waals surface area contributed by atoms with Crippen LogP contribution in [0.25, 0.3) is 6.08 Å². The quantitative estimate of drug-likeness (QED) is 0.304. The van der Waals surface area contributed by atoms with E-state index in [0.717, 1.165) is 16.7 Å². The smallest absolute Gasteiger partial charge is 0.266 e. The molecule has 7 heteroatoms. The molecular weight excluding hydrogens is 452 g/mol. The molecule has 5 nitrogen and oxygen atoms in total. The molecule has 0 unspecified atom stereocenters. The highest BCUT2D eigenvalue weighted by molar-refractivity contribution is 8.26. The zero-order valence-corrected chi connectivity index (χ0v) is 20.1. The zero-order chi connectivity index (χ0) is 23.2.